The number of hydrogen-bond acceptors (Lipinski definition) is 2. The topological polar surface area (TPSA) is 44.3 Å². The minimum atomic E-state index is -0.584. The lowest BCUT2D eigenvalue weighted by molar-refractivity contribution is 0.180. The van der Waals surface area contributed by atoms with E-state index in [1.807, 2.05) is 13.8 Å². The molecule has 4 heteroatoms. The fourth-order valence-corrected chi connectivity index (χ4v) is 0.900. The van der Waals surface area contributed by atoms with Crippen molar-refractivity contribution < 1.29 is 5.11 Å². The van der Waals surface area contributed by atoms with Gasteiger partial charge in [0.1, 0.15) is 6.23 Å². The van der Waals surface area contributed by atoms with Gasteiger partial charge in [-0.3, -0.25) is 0 Å². The molecule has 3 N–H and O–H groups in total. The van der Waals surface area contributed by atoms with E-state index in [9.17, 15) is 0 Å². The lowest BCUT2D eigenvalue weighted by atomic mass is 10.4. The Morgan fingerprint density at radius 2 is 1.80 bits per heavy atom. The first-order valence-corrected chi connectivity index (χ1v) is 3.68. The molecule has 0 rings (SSSR count). The van der Waals surface area contributed by atoms with Gasteiger partial charge in [0.2, 0.25) is 0 Å². The Bertz CT molecular complexity index is 102. The average molecular weight is 162 g/mol. The Balaban J connectivity index is 3.44. The lowest BCUT2D eigenvalue weighted by Gasteiger charge is -2.14. The molecule has 0 aromatic carbocycles. The molecule has 0 aliphatic carbocycles. The summed E-state index contributed by atoms with van der Waals surface area (Å²) in [5.41, 5.74) is 0. The van der Waals surface area contributed by atoms with E-state index in [1.165, 1.54) is 0 Å². The van der Waals surface area contributed by atoms with Gasteiger partial charge in [-0.05, 0) is 33.0 Å². The second-order valence-electron chi connectivity index (χ2n) is 2.45. The van der Waals surface area contributed by atoms with E-state index in [0.29, 0.717) is 11.2 Å². The van der Waals surface area contributed by atoms with Crippen LogP contribution < -0.4 is 10.6 Å². The summed E-state index contributed by atoms with van der Waals surface area (Å²) in [5.74, 6) is 0. The highest BCUT2D eigenvalue weighted by molar-refractivity contribution is 7.80. The van der Waals surface area contributed by atoms with Gasteiger partial charge in [0.25, 0.3) is 0 Å². The van der Waals surface area contributed by atoms with E-state index < -0.39 is 6.23 Å². The van der Waals surface area contributed by atoms with Crippen molar-refractivity contribution in [2.45, 2.75) is 33.0 Å². The molecule has 0 aliphatic rings. The number of nitrogens with one attached hydrogen (secondary N) is 2. The highest BCUT2D eigenvalue weighted by Crippen LogP contribution is 1.78. The van der Waals surface area contributed by atoms with Crippen molar-refractivity contribution in [2.75, 3.05) is 0 Å². The maximum absolute atomic E-state index is 8.80. The van der Waals surface area contributed by atoms with Gasteiger partial charge >= 0.3 is 0 Å². The van der Waals surface area contributed by atoms with Crippen LogP contribution in [0.1, 0.15) is 20.8 Å². The lowest BCUT2D eigenvalue weighted by Crippen LogP contribution is -2.43. The van der Waals surface area contributed by atoms with Crippen LogP contribution >= 0.6 is 12.2 Å². The molecular formula is C6H14N2OS. The summed E-state index contributed by atoms with van der Waals surface area (Å²) < 4.78 is 0. The number of aliphatic hydroxyl groups is 1. The van der Waals surface area contributed by atoms with Crippen LogP contribution in [0.25, 0.3) is 0 Å². The smallest absolute Gasteiger partial charge is 0.168 e. The van der Waals surface area contributed by atoms with Crippen LogP contribution in [0, 0.1) is 0 Å². The summed E-state index contributed by atoms with van der Waals surface area (Å²) in [7, 11) is 0. The van der Waals surface area contributed by atoms with E-state index in [4.69, 9.17) is 17.3 Å². The minimum absolute atomic E-state index is 0.304. The first-order chi connectivity index (χ1) is 4.52. The molecule has 0 bridgehead atoms. The third-order valence-corrected chi connectivity index (χ3v) is 0.995. The molecule has 0 aromatic rings. The molecule has 0 amide bonds. The maximum atomic E-state index is 8.80. The first-order valence-electron chi connectivity index (χ1n) is 3.27. The molecule has 0 aromatic heterocycles. The van der Waals surface area contributed by atoms with Crippen molar-refractivity contribution in [3.05, 3.63) is 0 Å². The summed E-state index contributed by atoms with van der Waals surface area (Å²) >= 11 is 4.82. The largest absolute Gasteiger partial charge is 0.374 e. The predicted octanol–water partition coefficient (Wildman–Crippen LogP) is 0.197. The van der Waals surface area contributed by atoms with Crippen molar-refractivity contribution in [1.82, 2.24) is 10.6 Å². The highest BCUT2D eigenvalue weighted by atomic mass is 32.1. The van der Waals surface area contributed by atoms with Crippen molar-refractivity contribution in [1.29, 1.82) is 0 Å². The molecule has 0 aliphatic heterocycles. The van der Waals surface area contributed by atoms with Gasteiger partial charge in [-0.15, -0.1) is 0 Å². The quantitative estimate of drug-likeness (QED) is 0.401. The van der Waals surface area contributed by atoms with Crippen LogP contribution in [0.2, 0.25) is 0 Å². The fraction of sp³-hybridized carbons (Fsp3) is 0.833. The summed E-state index contributed by atoms with van der Waals surface area (Å²) in [6, 6.07) is 0.304. The first kappa shape index (κ1) is 9.65. The number of aliphatic hydroxyl groups excluding tert-OH is 1. The molecule has 60 valence electrons. The zero-order chi connectivity index (χ0) is 8.15. The second kappa shape index (κ2) is 4.46. The summed E-state index contributed by atoms with van der Waals surface area (Å²) in [4.78, 5) is 0. The standard InChI is InChI=1S/C6H14N2OS/c1-4(2)7-6(10)8-5(3)9/h4-5,9H,1-3H3,(H2,7,8,10). The summed E-state index contributed by atoms with van der Waals surface area (Å²) in [5, 5.41) is 14.9. The summed E-state index contributed by atoms with van der Waals surface area (Å²) in [6.07, 6.45) is -0.584. The number of hydrogen-bond donors (Lipinski definition) is 3. The van der Waals surface area contributed by atoms with E-state index in [-0.39, 0.29) is 0 Å². The van der Waals surface area contributed by atoms with Crippen LogP contribution in [-0.4, -0.2) is 22.5 Å². The molecule has 0 heterocycles. The Hall–Kier alpha value is -0.350. The van der Waals surface area contributed by atoms with Gasteiger partial charge in [-0.1, -0.05) is 0 Å². The predicted molar refractivity (Wildman–Crippen MR) is 45.7 cm³/mol. The van der Waals surface area contributed by atoms with E-state index in [0.717, 1.165) is 0 Å². The molecule has 0 spiro atoms. The van der Waals surface area contributed by atoms with Gasteiger partial charge in [-0.25, -0.2) is 0 Å². The monoisotopic (exact) mass is 162 g/mol. The van der Waals surface area contributed by atoms with Crippen LogP contribution in [0.5, 0.6) is 0 Å². The van der Waals surface area contributed by atoms with Crippen molar-refractivity contribution in [3.8, 4) is 0 Å². The third kappa shape index (κ3) is 5.78. The van der Waals surface area contributed by atoms with Gasteiger partial charge < -0.3 is 15.7 Å². The van der Waals surface area contributed by atoms with Crippen molar-refractivity contribution >= 4 is 17.3 Å². The molecule has 0 saturated heterocycles. The Morgan fingerprint density at radius 1 is 1.30 bits per heavy atom. The van der Waals surface area contributed by atoms with Crippen LogP contribution in [0.4, 0.5) is 0 Å². The Kier molecular flexibility index (Phi) is 4.31. The molecule has 1 atom stereocenters. The SMILES string of the molecule is CC(C)NC(=S)NC(C)O. The average Bonchev–Trinajstić information content (AvgIpc) is 1.58. The van der Waals surface area contributed by atoms with E-state index >= 15 is 0 Å². The minimum Gasteiger partial charge on any atom is -0.374 e. The molecule has 0 radical (unpaired) electrons. The molecule has 0 fully saturated rings. The second-order valence-corrected chi connectivity index (χ2v) is 2.86. The zero-order valence-corrected chi connectivity index (χ0v) is 7.33. The molecule has 1 unspecified atom stereocenters. The van der Waals surface area contributed by atoms with Gasteiger partial charge in [0.05, 0.1) is 0 Å². The molecule has 10 heavy (non-hydrogen) atoms. The van der Waals surface area contributed by atoms with E-state index in [2.05, 4.69) is 10.6 Å². The van der Waals surface area contributed by atoms with Crippen LogP contribution in [-0.2, 0) is 0 Å². The Labute approximate surface area is 66.8 Å². The number of rotatable bonds is 2. The van der Waals surface area contributed by atoms with Crippen LogP contribution in [0.15, 0.2) is 0 Å². The third-order valence-electron chi connectivity index (χ3n) is 0.760. The van der Waals surface area contributed by atoms with E-state index in [1.54, 1.807) is 6.92 Å². The zero-order valence-electron chi connectivity index (χ0n) is 6.51. The van der Waals surface area contributed by atoms with Gasteiger partial charge in [0.15, 0.2) is 5.11 Å². The van der Waals surface area contributed by atoms with Gasteiger partial charge in [-0.2, -0.15) is 0 Å². The highest BCUT2D eigenvalue weighted by Gasteiger charge is 1.99. The van der Waals surface area contributed by atoms with Crippen molar-refractivity contribution in [2.24, 2.45) is 0 Å². The maximum Gasteiger partial charge on any atom is 0.168 e. The number of thiocarbonyl (C=S) groups is 1. The normalized spacial score (nSPS) is 12.9. The van der Waals surface area contributed by atoms with Crippen LogP contribution in [0.3, 0.4) is 0 Å². The molecule has 3 nitrogen and oxygen atoms in total. The van der Waals surface area contributed by atoms with Gasteiger partial charge in [0, 0.05) is 6.04 Å². The fourth-order valence-electron chi connectivity index (χ4n) is 0.494. The molecular weight excluding hydrogens is 148 g/mol. The van der Waals surface area contributed by atoms with Crippen molar-refractivity contribution in [3.63, 3.8) is 0 Å². The summed E-state index contributed by atoms with van der Waals surface area (Å²) in [6.45, 7) is 5.58. The molecule has 0 saturated carbocycles. The Morgan fingerprint density at radius 3 is 2.10 bits per heavy atom.